The van der Waals surface area contributed by atoms with E-state index >= 15 is 0 Å². The van der Waals surface area contributed by atoms with Gasteiger partial charge in [0.1, 0.15) is 0 Å². The second-order valence-corrected chi connectivity index (χ2v) is 10.2. The van der Waals surface area contributed by atoms with Crippen molar-refractivity contribution in [1.29, 1.82) is 0 Å². The predicted molar refractivity (Wildman–Crippen MR) is 126 cm³/mol. The molecule has 1 aliphatic heterocycles. The van der Waals surface area contributed by atoms with Crippen LogP contribution in [0, 0.1) is 0 Å². The van der Waals surface area contributed by atoms with Crippen LogP contribution in [0.15, 0.2) is 34.2 Å². The Hall–Kier alpha value is -1.90. The number of hydrogen-bond donors (Lipinski definition) is 1. The third-order valence-corrected chi connectivity index (χ3v) is 8.05. The van der Waals surface area contributed by atoms with Gasteiger partial charge in [-0.25, -0.2) is 4.98 Å². The number of aromatic nitrogens is 2. The molecule has 0 bridgehead atoms. The Morgan fingerprint density at radius 1 is 1.16 bits per heavy atom. The van der Waals surface area contributed by atoms with Gasteiger partial charge in [0, 0.05) is 31.2 Å². The van der Waals surface area contributed by atoms with Crippen LogP contribution in [0.3, 0.4) is 0 Å². The van der Waals surface area contributed by atoms with Crippen molar-refractivity contribution in [3.8, 4) is 0 Å². The fourth-order valence-corrected chi connectivity index (χ4v) is 6.07. The highest BCUT2D eigenvalue weighted by molar-refractivity contribution is 7.99. The van der Waals surface area contributed by atoms with Gasteiger partial charge in [0.2, 0.25) is 5.91 Å². The maximum absolute atomic E-state index is 13.0. The lowest BCUT2D eigenvalue weighted by Crippen LogP contribution is -2.59. The predicted octanol–water partition coefficient (Wildman–Crippen LogP) is 2.97. The van der Waals surface area contributed by atoms with Crippen molar-refractivity contribution in [1.82, 2.24) is 19.8 Å². The topological polar surface area (TPSA) is 76.5 Å². The van der Waals surface area contributed by atoms with Crippen molar-refractivity contribution in [2.75, 3.05) is 38.6 Å². The molecule has 1 N–H and O–H groups in total. The maximum atomic E-state index is 13.0. The number of rotatable bonds is 7. The number of ether oxygens (including phenoxy) is 1. The maximum Gasteiger partial charge on any atom is 0.262 e. The lowest BCUT2D eigenvalue weighted by molar-refractivity contribution is -0.119. The van der Waals surface area contributed by atoms with E-state index in [2.05, 4.69) is 10.2 Å². The molecule has 2 saturated carbocycles. The van der Waals surface area contributed by atoms with Gasteiger partial charge in [0.25, 0.3) is 5.56 Å². The van der Waals surface area contributed by atoms with Crippen molar-refractivity contribution in [2.24, 2.45) is 0 Å². The Balaban J connectivity index is 1.26. The second-order valence-electron chi connectivity index (χ2n) is 9.27. The molecule has 1 aromatic heterocycles. The Morgan fingerprint density at radius 3 is 2.66 bits per heavy atom. The van der Waals surface area contributed by atoms with Crippen LogP contribution < -0.4 is 10.9 Å². The highest BCUT2D eigenvalue weighted by Crippen LogP contribution is 2.37. The van der Waals surface area contributed by atoms with E-state index in [0.717, 1.165) is 52.0 Å². The van der Waals surface area contributed by atoms with Crippen LogP contribution >= 0.6 is 11.8 Å². The van der Waals surface area contributed by atoms with E-state index in [4.69, 9.17) is 9.72 Å². The minimum absolute atomic E-state index is 0.00878. The summed E-state index contributed by atoms with van der Waals surface area (Å²) in [7, 11) is 0. The number of fused-ring (bicyclic) bond motifs is 1. The van der Waals surface area contributed by atoms with Crippen molar-refractivity contribution < 1.29 is 9.53 Å². The molecule has 0 unspecified atom stereocenters. The summed E-state index contributed by atoms with van der Waals surface area (Å²) in [6.07, 6.45) is 7.99. The van der Waals surface area contributed by atoms with Crippen molar-refractivity contribution in [3.05, 3.63) is 34.6 Å². The molecule has 8 heteroatoms. The van der Waals surface area contributed by atoms with Gasteiger partial charge in [-0.1, -0.05) is 43.2 Å². The molecule has 1 aromatic carbocycles. The fourth-order valence-electron chi connectivity index (χ4n) is 5.18. The Bertz CT molecular complexity index is 1020. The zero-order valence-electron chi connectivity index (χ0n) is 18.6. The van der Waals surface area contributed by atoms with E-state index in [1.54, 1.807) is 4.57 Å². The summed E-state index contributed by atoms with van der Waals surface area (Å²) in [6, 6.07) is 7.69. The molecule has 2 heterocycles. The molecule has 7 nitrogen and oxygen atoms in total. The van der Waals surface area contributed by atoms with Crippen molar-refractivity contribution in [3.63, 3.8) is 0 Å². The SMILES string of the molecule is O=C(CSc1nc2ccccc2c(=O)n1C1CC1)NCC1(N2CCOCC2)CCCCC1. The standard InChI is InChI=1S/C24H32N4O3S/c29-21(25-17-24(10-4-1-5-11-24)27-12-14-31-15-13-27)16-32-23-26-20-7-3-2-6-19(20)22(30)28(23)18-8-9-18/h2-3,6-7,18H,1,4-5,8-17H2,(H,25,29). The van der Waals surface area contributed by atoms with Crippen molar-refractivity contribution >= 4 is 28.6 Å². The summed E-state index contributed by atoms with van der Waals surface area (Å²) in [6.45, 7) is 4.13. The third-order valence-electron chi connectivity index (χ3n) is 7.10. The number of thioether (sulfide) groups is 1. The average Bonchev–Trinajstić information content (AvgIpc) is 3.68. The first-order valence-corrected chi connectivity index (χ1v) is 12.9. The van der Waals surface area contributed by atoms with Crippen LogP contribution in [0.25, 0.3) is 10.9 Å². The number of para-hydroxylation sites is 1. The van der Waals surface area contributed by atoms with E-state index in [-0.39, 0.29) is 28.8 Å². The highest BCUT2D eigenvalue weighted by atomic mass is 32.2. The monoisotopic (exact) mass is 456 g/mol. The first kappa shape index (κ1) is 21.9. The zero-order valence-corrected chi connectivity index (χ0v) is 19.4. The molecule has 2 aromatic rings. The van der Waals surface area contributed by atoms with Crippen LogP contribution in [-0.4, -0.2) is 64.5 Å². The molecular formula is C24H32N4O3S. The minimum atomic E-state index is 0.00878. The molecule has 2 aliphatic carbocycles. The summed E-state index contributed by atoms with van der Waals surface area (Å²) < 4.78 is 7.36. The Morgan fingerprint density at radius 2 is 1.91 bits per heavy atom. The van der Waals surface area contributed by atoms with Gasteiger partial charge in [-0.2, -0.15) is 0 Å². The van der Waals surface area contributed by atoms with Gasteiger partial charge in [-0.05, 0) is 37.8 Å². The van der Waals surface area contributed by atoms with Crippen LogP contribution in [-0.2, 0) is 9.53 Å². The van der Waals surface area contributed by atoms with E-state index in [0.29, 0.717) is 22.6 Å². The number of hydrogen-bond acceptors (Lipinski definition) is 6. The fraction of sp³-hybridized carbons (Fsp3) is 0.625. The van der Waals surface area contributed by atoms with E-state index < -0.39 is 0 Å². The molecule has 1 amide bonds. The summed E-state index contributed by atoms with van der Waals surface area (Å²) in [4.78, 5) is 33.1. The van der Waals surface area contributed by atoms with Crippen LogP contribution in [0.4, 0.5) is 0 Å². The number of nitrogens with zero attached hydrogens (tertiary/aromatic N) is 3. The van der Waals surface area contributed by atoms with Gasteiger partial charge in [0.15, 0.2) is 5.16 Å². The largest absolute Gasteiger partial charge is 0.379 e. The van der Waals surface area contributed by atoms with E-state index in [1.807, 2.05) is 24.3 Å². The van der Waals surface area contributed by atoms with Crippen LogP contribution in [0.1, 0.15) is 51.0 Å². The molecule has 32 heavy (non-hydrogen) atoms. The zero-order chi connectivity index (χ0) is 22.0. The molecule has 0 atom stereocenters. The lowest BCUT2D eigenvalue weighted by atomic mass is 9.79. The normalized spacial score (nSPS) is 21.5. The summed E-state index contributed by atoms with van der Waals surface area (Å²) in [5.74, 6) is 0.286. The third kappa shape index (κ3) is 4.58. The van der Waals surface area contributed by atoms with Crippen LogP contribution in [0.2, 0.25) is 0 Å². The number of amides is 1. The lowest BCUT2D eigenvalue weighted by Gasteiger charge is -2.48. The van der Waals surface area contributed by atoms with Crippen molar-refractivity contribution in [2.45, 2.75) is 61.7 Å². The summed E-state index contributed by atoms with van der Waals surface area (Å²) in [5, 5.41) is 4.53. The Labute approximate surface area is 192 Å². The van der Waals surface area contributed by atoms with Gasteiger partial charge >= 0.3 is 0 Å². The van der Waals surface area contributed by atoms with E-state index in [1.165, 1.54) is 31.0 Å². The average molecular weight is 457 g/mol. The molecular weight excluding hydrogens is 424 g/mol. The molecule has 0 radical (unpaired) electrons. The van der Waals surface area contributed by atoms with Gasteiger partial charge < -0.3 is 10.1 Å². The highest BCUT2D eigenvalue weighted by Gasteiger charge is 2.38. The Kier molecular flexibility index (Phi) is 6.53. The molecule has 3 aliphatic rings. The molecule has 172 valence electrons. The number of carbonyl (C=O) groups is 1. The first-order valence-electron chi connectivity index (χ1n) is 11.9. The smallest absolute Gasteiger partial charge is 0.262 e. The number of carbonyl (C=O) groups excluding carboxylic acids is 1. The second kappa shape index (κ2) is 9.53. The minimum Gasteiger partial charge on any atom is -0.379 e. The van der Waals surface area contributed by atoms with Gasteiger partial charge in [0.05, 0.1) is 29.9 Å². The number of benzene rings is 1. The molecule has 3 fully saturated rings. The summed E-state index contributed by atoms with van der Waals surface area (Å²) in [5.41, 5.74) is 0.764. The number of nitrogens with one attached hydrogen (secondary N) is 1. The quantitative estimate of drug-likeness (QED) is 0.510. The van der Waals surface area contributed by atoms with Gasteiger partial charge in [-0.15, -0.1) is 0 Å². The van der Waals surface area contributed by atoms with E-state index in [9.17, 15) is 9.59 Å². The molecule has 1 saturated heterocycles. The first-order chi connectivity index (χ1) is 15.7. The van der Waals surface area contributed by atoms with Crippen LogP contribution in [0.5, 0.6) is 0 Å². The number of morpholine rings is 1. The molecule has 0 spiro atoms. The molecule has 5 rings (SSSR count). The van der Waals surface area contributed by atoms with Gasteiger partial charge in [-0.3, -0.25) is 19.1 Å². The summed E-state index contributed by atoms with van der Waals surface area (Å²) >= 11 is 1.38.